The zero-order valence-corrected chi connectivity index (χ0v) is 16.4. The first kappa shape index (κ1) is 20.3. The van der Waals surface area contributed by atoms with Crippen molar-refractivity contribution >= 4 is 12.1 Å². The number of ether oxygens (including phenoxy) is 3. The summed E-state index contributed by atoms with van der Waals surface area (Å²) >= 11 is 0. The molecule has 1 amide bonds. The molecule has 2 rings (SSSR count). The molecule has 144 valence electrons. The van der Waals surface area contributed by atoms with Crippen molar-refractivity contribution in [2.24, 2.45) is 5.10 Å². The molecule has 27 heavy (non-hydrogen) atoms. The van der Waals surface area contributed by atoms with E-state index in [1.807, 2.05) is 19.1 Å². The molecule has 1 N–H and O–H groups in total. The second kappa shape index (κ2) is 9.62. The van der Waals surface area contributed by atoms with E-state index in [2.05, 4.69) is 30.4 Å². The first-order valence-electron chi connectivity index (χ1n) is 8.72. The molecule has 0 radical (unpaired) electrons. The van der Waals surface area contributed by atoms with Crippen molar-refractivity contribution in [3.63, 3.8) is 0 Å². The molecule has 0 aromatic heterocycles. The molecule has 2 aromatic carbocycles. The quantitative estimate of drug-likeness (QED) is 0.569. The smallest absolute Gasteiger partial charge is 0.277 e. The molecule has 2 aromatic rings. The Bertz CT molecular complexity index is 816. The largest absolute Gasteiger partial charge is 0.497 e. The van der Waals surface area contributed by atoms with Crippen molar-refractivity contribution in [3.05, 3.63) is 53.1 Å². The summed E-state index contributed by atoms with van der Waals surface area (Å²) in [6.07, 6.45) is 1.50. The molecule has 0 heterocycles. The Hall–Kier alpha value is -3.02. The SMILES string of the molecule is COc1ccc(OC)c(/C=N/NC(=O)COc2cc(C(C)C)ccc2C)c1. The lowest BCUT2D eigenvalue weighted by Gasteiger charge is -2.12. The molecule has 0 bridgehead atoms. The Labute approximate surface area is 160 Å². The molecule has 0 atom stereocenters. The van der Waals surface area contributed by atoms with Gasteiger partial charge < -0.3 is 14.2 Å². The third-order valence-corrected chi connectivity index (χ3v) is 4.07. The van der Waals surface area contributed by atoms with Crippen molar-refractivity contribution in [1.29, 1.82) is 0 Å². The van der Waals surface area contributed by atoms with Gasteiger partial charge in [0, 0.05) is 5.56 Å². The Morgan fingerprint density at radius 1 is 1.11 bits per heavy atom. The maximum absolute atomic E-state index is 12.0. The van der Waals surface area contributed by atoms with Gasteiger partial charge in [-0.05, 0) is 48.2 Å². The predicted molar refractivity (Wildman–Crippen MR) is 106 cm³/mol. The van der Waals surface area contributed by atoms with Crippen LogP contribution in [0, 0.1) is 6.92 Å². The first-order valence-corrected chi connectivity index (χ1v) is 8.72. The van der Waals surface area contributed by atoms with Crippen molar-refractivity contribution in [2.45, 2.75) is 26.7 Å². The average Bonchev–Trinajstić information content (AvgIpc) is 2.67. The van der Waals surface area contributed by atoms with Crippen LogP contribution in [-0.4, -0.2) is 32.9 Å². The van der Waals surface area contributed by atoms with E-state index < -0.39 is 0 Å². The third kappa shape index (κ3) is 5.74. The number of hydrogen-bond donors (Lipinski definition) is 1. The van der Waals surface area contributed by atoms with E-state index in [1.54, 1.807) is 32.4 Å². The number of carbonyl (C=O) groups excluding carboxylic acids is 1. The van der Waals surface area contributed by atoms with E-state index in [4.69, 9.17) is 14.2 Å². The van der Waals surface area contributed by atoms with Crippen LogP contribution in [0.1, 0.15) is 36.5 Å². The molecular weight excluding hydrogens is 344 g/mol. The molecule has 6 nitrogen and oxygen atoms in total. The minimum atomic E-state index is -0.345. The van der Waals surface area contributed by atoms with Crippen LogP contribution in [0.25, 0.3) is 0 Å². The van der Waals surface area contributed by atoms with Crippen LogP contribution in [0.3, 0.4) is 0 Å². The van der Waals surface area contributed by atoms with Crippen LogP contribution in [0.5, 0.6) is 17.2 Å². The molecule has 0 saturated carbocycles. The van der Waals surface area contributed by atoms with Gasteiger partial charge in [0.25, 0.3) is 5.91 Å². The predicted octanol–water partition coefficient (Wildman–Crippen LogP) is 3.66. The van der Waals surface area contributed by atoms with Crippen LogP contribution in [0.15, 0.2) is 41.5 Å². The molecule has 0 unspecified atom stereocenters. The van der Waals surface area contributed by atoms with E-state index in [0.29, 0.717) is 28.7 Å². The van der Waals surface area contributed by atoms with E-state index in [-0.39, 0.29) is 12.5 Å². The fourth-order valence-corrected chi connectivity index (χ4v) is 2.42. The van der Waals surface area contributed by atoms with Gasteiger partial charge in [-0.2, -0.15) is 5.10 Å². The molecule has 0 spiro atoms. The second-order valence-corrected chi connectivity index (χ2v) is 6.37. The second-order valence-electron chi connectivity index (χ2n) is 6.37. The average molecular weight is 370 g/mol. The highest BCUT2D eigenvalue weighted by Gasteiger charge is 2.08. The number of hydrazone groups is 1. The van der Waals surface area contributed by atoms with Gasteiger partial charge in [-0.15, -0.1) is 0 Å². The van der Waals surface area contributed by atoms with Crippen molar-refractivity contribution in [2.75, 3.05) is 20.8 Å². The van der Waals surface area contributed by atoms with Gasteiger partial charge in [-0.3, -0.25) is 4.79 Å². The van der Waals surface area contributed by atoms with Gasteiger partial charge in [0.1, 0.15) is 17.2 Å². The maximum Gasteiger partial charge on any atom is 0.277 e. The standard InChI is InChI=1S/C21H26N2O4/c1-14(2)16-7-6-15(3)20(11-16)27-13-21(24)23-22-12-17-10-18(25-4)8-9-19(17)26-5/h6-12,14H,13H2,1-5H3,(H,23,24)/b22-12+. The number of benzene rings is 2. The van der Waals surface area contributed by atoms with Gasteiger partial charge in [0.2, 0.25) is 0 Å². The maximum atomic E-state index is 12.0. The molecule has 0 aliphatic heterocycles. The van der Waals surface area contributed by atoms with Gasteiger partial charge in [0.05, 0.1) is 20.4 Å². The van der Waals surface area contributed by atoms with Crippen LogP contribution in [0.2, 0.25) is 0 Å². The van der Waals surface area contributed by atoms with Gasteiger partial charge >= 0.3 is 0 Å². The lowest BCUT2D eigenvalue weighted by atomic mass is 10.0. The summed E-state index contributed by atoms with van der Waals surface area (Å²) < 4.78 is 16.1. The fraction of sp³-hybridized carbons (Fsp3) is 0.333. The Morgan fingerprint density at radius 2 is 1.89 bits per heavy atom. The number of nitrogens with one attached hydrogen (secondary N) is 1. The number of methoxy groups -OCH3 is 2. The molecule has 0 fully saturated rings. The van der Waals surface area contributed by atoms with E-state index >= 15 is 0 Å². The molecule has 0 aliphatic rings. The van der Waals surface area contributed by atoms with Crippen LogP contribution < -0.4 is 19.6 Å². The lowest BCUT2D eigenvalue weighted by molar-refractivity contribution is -0.123. The minimum absolute atomic E-state index is 0.116. The van der Waals surface area contributed by atoms with E-state index in [9.17, 15) is 4.79 Å². The highest BCUT2D eigenvalue weighted by Crippen LogP contribution is 2.24. The molecule has 6 heteroatoms. The van der Waals surface area contributed by atoms with Crippen molar-refractivity contribution in [3.8, 4) is 17.2 Å². The summed E-state index contributed by atoms with van der Waals surface area (Å²) in [6.45, 7) is 6.06. The van der Waals surface area contributed by atoms with Gasteiger partial charge in [-0.25, -0.2) is 5.43 Å². The summed E-state index contributed by atoms with van der Waals surface area (Å²) in [5.74, 6) is 2.06. The monoisotopic (exact) mass is 370 g/mol. The number of nitrogens with zero attached hydrogens (tertiary/aromatic N) is 1. The highest BCUT2D eigenvalue weighted by molar-refractivity contribution is 5.86. The zero-order chi connectivity index (χ0) is 19.8. The third-order valence-electron chi connectivity index (χ3n) is 4.07. The summed E-state index contributed by atoms with van der Waals surface area (Å²) in [5, 5.41) is 3.97. The highest BCUT2D eigenvalue weighted by atomic mass is 16.5. The topological polar surface area (TPSA) is 69.2 Å². The summed E-state index contributed by atoms with van der Waals surface area (Å²) in [6, 6.07) is 11.4. The Balaban J connectivity index is 1.95. The van der Waals surface area contributed by atoms with E-state index in [1.165, 1.54) is 11.8 Å². The molecule has 0 aliphatic carbocycles. The van der Waals surface area contributed by atoms with Crippen molar-refractivity contribution < 1.29 is 19.0 Å². The van der Waals surface area contributed by atoms with E-state index in [0.717, 1.165) is 5.56 Å². The Morgan fingerprint density at radius 3 is 2.56 bits per heavy atom. The van der Waals surface area contributed by atoms with Crippen LogP contribution >= 0.6 is 0 Å². The number of aryl methyl sites for hydroxylation is 1. The number of carbonyl (C=O) groups is 1. The zero-order valence-electron chi connectivity index (χ0n) is 16.4. The number of rotatable bonds is 8. The van der Waals surface area contributed by atoms with Gasteiger partial charge in [0.15, 0.2) is 6.61 Å². The molecular formula is C21H26N2O4. The first-order chi connectivity index (χ1) is 12.9. The number of amides is 1. The normalized spacial score (nSPS) is 10.9. The van der Waals surface area contributed by atoms with Gasteiger partial charge in [-0.1, -0.05) is 26.0 Å². The summed E-state index contributed by atoms with van der Waals surface area (Å²) in [5.41, 5.74) is 5.30. The van der Waals surface area contributed by atoms with Crippen LogP contribution in [0.4, 0.5) is 0 Å². The van der Waals surface area contributed by atoms with Crippen molar-refractivity contribution in [1.82, 2.24) is 5.43 Å². The number of hydrogen-bond acceptors (Lipinski definition) is 5. The lowest BCUT2D eigenvalue weighted by Crippen LogP contribution is -2.24. The summed E-state index contributed by atoms with van der Waals surface area (Å²) in [7, 11) is 3.15. The van der Waals surface area contributed by atoms with Crippen LogP contribution in [-0.2, 0) is 4.79 Å². The molecule has 0 saturated heterocycles. The Kier molecular flexibility index (Phi) is 7.23. The fourth-order valence-electron chi connectivity index (χ4n) is 2.42. The minimum Gasteiger partial charge on any atom is -0.497 e. The summed E-state index contributed by atoms with van der Waals surface area (Å²) in [4.78, 5) is 12.0.